The summed E-state index contributed by atoms with van der Waals surface area (Å²) in [7, 11) is -1.27. The molecular weight excluding hydrogens is 358 g/mol. The van der Waals surface area contributed by atoms with Gasteiger partial charge in [0.25, 0.3) is 0 Å². The summed E-state index contributed by atoms with van der Waals surface area (Å²) in [6, 6.07) is 14.8. The number of rotatable bonds is 3. The number of nitrogens with one attached hydrogen (secondary N) is 1. The zero-order chi connectivity index (χ0) is 18.4. The molecule has 0 spiro atoms. The summed E-state index contributed by atoms with van der Waals surface area (Å²) in [6.45, 7) is 0. The second-order valence-electron chi connectivity index (χ2n) is 6.39. The Kier molecular flexibility index (Phi) is 3.68. The molecule has 0 radical (unpaired) electrons. The van der Waals surface area contributed by atoms with Crippen molar-refractivity contribution < 1.29 is 4.21 Å². The molecule has 5 rings (SSSR count). The molecule has 1 unspecified atom stereocenters. The van der Waals surface area contributed by atoms with Gasteiger partial charge in [0.15, 0.2) is 5.82 Å². The minimum atomic E-state index is -1.27. The van der Waals surface area contributed by atoms with Crippen molar-refractivity contribution in [1.82, 2.24) is 19.9 Å². The fourth-order valence-electron chi connectivity index (χ4n) is 3.43. The van der Waals surface area contributed by atoms with Crippen molar-refractivity contribution >= 4 is 33.3 Å². The average molecular weight is 373 g/mol. The van der Waals surface area contributed by atoms with Gasteiger partial charge in [-0.05, 0) is 40.8 Å². The Morgan fingerprint density at radius 2 is 1.85 bits per heavy atom. The molecule has 1 N–H and O–H groups in total. The number of benzene rings is 2. The van der Waals surface area contributed by atoms with Gasteiger partial charge in [-0.3, -0.25) is 4.21 Å². The van der Waals surface area contributed by atoms with Gasteiger partial charge in [-0.2, -0.15) is 0 Å². The summed E-state index contributed by atoms with van der Waals surface area (Å²) in [4.78, 5) is 17.0. The van der Waals surface area contributed by atoms with Crippen LogP contribution >= 0.6 is 0 Å². The Hall–Kier alpha value is -3.19. The van der Waals surface area contributed by atoms with Crippen molar-refractivity contribution in [3.8, 4) is 11.1 Å². The van der Waals surface area contributed by atoms with Crippen LogP contribution in [0.25, 0.3) is 22.2 Å². The van der Waals surface area contributed by atoms with Gasteiger partial charge in [-0.25, -0.2) is 19.9 Å². The number of anilines is 2. The van der Waals surface area contributed by atoms with Crippen molar-refractivity contribution in [1.29, 1.82) is 0 Å². The Balaban J connectivity index is 1.54. The standard InChI is InChI=1S/C20H15N5OS/c1-27(26)20-21-10-17-18(25-20)19(23-11-22-17)24-14-6-7-16-13(9-14)8-12-4-2-3-5-15(12)16/h2-7,9-11H,8H2,1H3,(H,22,23,24). The third-order valence-electron chi connectivity index (χ3n) is 4.67. The van der Waals surface area contributed by atoms with Gasteiger partial charge in [-0.15, -0.1) is 0 Å². The molecule has 27 heavy (non-hydrogen) atoms. The molecule has 0 saturated heterocycles. The largest absolute Gasteiger partial charge is 0.338 e. The van der Waals surface area contributed by atoms with Gasteiger partial charge in [0.1, 0.15) is 17.4 Å². The van der Waals surface area contributed by atoms with E-state index in [1.54, 1.807) is 12.5 Å². The highest BCUT2D eigenvalue weighted by molar-refractivity contribution is 7.84. The molecule has 0 saturated carbocycles. The molecule has 2 aromatic carbocycles. The highest BCUT2D eigenvalue weighted by Crippen LogP contribution is 2.38. The van der Waals surface area contributed by atoms with E-state index >= 15 is 0 Å². The van der Waals surface area contributed by atoms with Crippen LogP contribution in [0, 0.1) is 0 Å². The number of nitrogens with zero attached hydrogens (tertiary/aromatic N) is 4. The van der Waals surface area contributed by atoms with E-state index < -0.39 is 10.8 Å². The van der Waals surface area contributed by atoms with Crippen LogP contribution in [0.4, 0.5) is 11.5 Å². The molecule has 2 heterocycles. The summed E-state index contributed by atoms with van der Waals surface area (Å²) in [5.74, 6) is 0.574. The molecule has 0 bridgehead atoms. The fourth-order valence-corrected chi connectivity index (χ4v) is 3.85. The average Bonchev–Trinajstić information content (AvgIpc) is 3.05. The van der Waals surface area contributed by atoms with Crippen LogP contribution < -0.4 is 5.32 Å². The summed E-state index contributed by atoms with van der Waals surface area (Å²) in [6.07, 6.45) is 5.52. The van der Waals surface area contributed by atoms with E-state index in [0.29, 0.717) is 16.9 Å². The van der Waals surface area contributed by atoms with Crippen molar-refractivity contribution in [2.24, 2.45) is 0 Å². The van der Waals surface area contributed by atoms with Crippen LogP contribution in [0.15, 0.2) is 60.1 Å². The normalized spacial score (nSPS) is 13.2. The molecule has 6 nitrogen and oxygen atoms in total. The molecule has 4 aromatic rings. The first-order chi connectivity index (χ1) is 13.2. The van der Waals surface area contributed by atoms with E-state index in [9.17, 15) is 4.21 Å². The molecule has 0 fully saturated rings. The maximum absolute atomic E-state index is 11.7. The van der Waals surface area contributed by atoms with E-state index in [1.807, 2.05) is 6.07 Å². The van der Waals surface area contributed by atoms with E-state index in [1.165, 1.54) is 28.6 Å². The maximum atomic E-state index is 11.7. The van der Waals surface area contributed by atoms with Crippen LogP contribution in [0.1, 0.15) is 11.1 Å². The lowest BCUT2D eigenvalue weighted by Crippen LogP contribution is -2.02. The first-order valence-corrected chi connectivity index (χ1v) is 10.0. The Labute approximate surface area is 158 Å². The Bertz CT molecular complexity index is 1220. The van der Waals surface area contributed by atoms with Crippen LogP contribution in [0.2, 0.25) is 0 Å². The Morgan fingerprint density at radius 1 is 1.00 bits per heavy atom. The molecule has 0 amide bonds. The van der Waals surface area contributed by atoms with Crippen molar-refractivity contribution in [2.45, 2.75) is 11.6 Å². The third-order valence-corrected chi connectivity index (χ3v) is 5.38. The molecule has 7 heteroatoms. The highest BCUT2D eigenvalue weighted by Gasteiger charge is 2.18. The smallest absolute Gasteiger partial charge is 0.218 e. The molecule has 1 aliphatic rings. The van der Waals surface area contributed by atoms with Crippen molar-refractivity contribution in [2.75, 3.05) is 11.6 Å². The molecule has 0 aliphatic heterocycles. The fraction of sp³-hybridized carbons (Fsp3) is 0.100. The number of hydrogen-bond donors (Lipinski definition) is 1. The second-order valence-corrected chi connectivity index (χ2v) is 7.67. The van der Waals surface area contributed by atoms with Gasteiger partial charge < -0.3 is 5.32 Å². The Morgan fingerprint density at radius 3 is 2.74 bits per heavy atom. The van der Waals surface area contributed by atoms with E-state index in [0.717, 1.165) is 12.1 Å². The summed E-state index contributed by atoms with van der Waals surface area (Å²) >= 11 is 0. The predicted octanol–water partition coefficient (Wildman–Crippen LogP) is 3.47. The lowest BCUT2D eigenvalue weighted by Gasteiger charge is -2.10. The van der Waals surface area contributed by atoms with Crippen molar-refractivity contribution in [3.05, 3.63) is 66.1 Å². The van der Waals surface area contributed by atoms with Gasteiger partial charge in [0.05, 0.1) is 17.0 Å². The molecule has 1 atom stereocenters. The maximum Gasteiger partial charge on any atom is 0.218 e. The number of fused-ring (bicyclic) bond motifs is 4. The van der Waals surface area contributed by atoms with Crippen LogP contribution in [-0.4, -0.2) is 30.4 Å². The first-order valence-electron chi connectivity index (χ1n) is 8.48. The molecular formula is C20H15N5OS. The van der Waals surface area contributed by atoms with Crippen LogP contribution in [0.5, 0.6) is 0 Å². The molecule has 132 valence electrons. The van der Waals surface area contributed by atoms with Gasteiger partial charge in [0, 0.05) is 11.9 Å². The summed E-state index contributed by atoms with van der Waals surface area (Å²) in [5, 5.41) is 3.60. The van der Waals surface area contributed by atoms with E-state index in [-0.39, 0.29) is 5.16 Å². The van der Waals surface area contributed by atoms with Gasteiger partial charge in [-0.1, -0.05) is 30.3 Å². The number of hydrogen-bond acceptors (Lipinski definition) is 6. The summed E-state index contributed by atoms with van der Waals surface area (Å²) < 4.78 is 11.7. The minimum Gasteiger partial charge on any atom is -0.338 e. The zero-order valence-electron chi connectivity index (χ0n) is 14.5. The van der Waals surface area contributed by atoms with Gasteiger partial charge >= 0.3 is 0 Å². The van der Waals surface area contributed by atoms with Crippen LogP contribution in [0.3, 0.4) is 0 Å². The monoisotopic (exact) mass is 373 g/mol. The first kappa shape index (κ1) is 16.0. The minimum absolute atomic E-state index is 0.268. The molecule has 1 aliphatic carbocycles. The zero-order valence-corrected chi connectivity index (χ0v) is 15.3. The van der Waals surface area contributed by atoms with Gasteiger partial charge in [0.2, 0.25) is 5.16 Å². The molecule has 2 aromatic heterocycles. The SMILES string of the molecule is CS(=O)c1ncc2ncnc(Nc3ccc4c(c3)Cc3ccccc3-4)c2n1. The van der Waals surface area contributed by atoms with Crippen molar-refractivity contribution in [3.63, 3.8) is 0 Å². The lowest BCUT2D eigenvalue weighted by molar-refractivity contribution is 0.680. The lowest BCUT2D eigenvalue weighted by atomic mass is 10.1. The summed E-state index contributed by atoms with van der Waals surface area (Å²) in [5.41, 5.74) is 7.30. The quantitative estimate of drug-likeness (QED) is 0.488. The second kappa shape index (κ2) is 6.21. The van der Waals surface area contributed by atoms with Crippen LogP contribution in [-0.2, 0) is 17.2 Å². The third kappa shape index (κ3) is 2.76. The van der Waals surface area contributed by atoms with E-state index in [4.69, 9.17) is 0 Å². The highest BCUT2D eigenvalue weighted by atomic mass is 32.2. The topological polar surface area (TPSA) is 80.7 Å². The number of aromatic nitrogens is 4. The predicted molar refractivity (Wildman–Crippen MR) is 105 cm³/mol. The van der Waals surface area contributed by atoms with E-state index in [2.05, 4.69) is 61.7 Å².